The van der Waals surface area contributed by atoms with E-state index in [1.54, 1.807) is 6.20 Å². The number of fused-ring (bicyclic) bond motifs is 6. The molecule has 0 amide bonds. The summed E-state index contributed by atoms with van der Waals surface area (Å²) in [6.45, 7) is 0. The Morgan fingerprint density at radius 1 is 0.292 bits per heavy atom. The SMILES string of the molecule is c1ccc(-c2ccc(-c3cc(-c4cccc(-c5cccnc5)c4)nc(-c4ccc5c6ccccc6c6ccccc6c5c4)n3)cc2)cc1. The maximum absolute atomic E-state index is 5.22. The molecule has 7 aromatic carbocycles. The molecule has 0 N–H and O–H groups in total. The third-order valence-corrected chi connectivity index (χ3v) is 9.17. The van der Waals surface area contributed by atoms with Crippen molar-refractivity contribution in [2.75, 3.05) is 0 Å². The second kappa shape index (κ2) is 11.7. The molecule has 2 aromatic heterocycles. The van der Waals surface area contributed by atoms with Gasteiger partial charge >= 0.3 is 0 Å². The zero-order valence-electron chi connectivity index (χ0n) is 26.1. The smallest absolute Gasteiger partial charge is 0.160 e. The Hall–Kier alpha value is -6.45. The fourth-order valence-electron chi connectivity index (χ4n) is 6.77. The highest BCUT2D eigenvalue weighted by Gasteiger charge is 2.14. The molecule has 0 atom stereocenters. The molecule has 0 saturated carbocycles. The molecule has 0 radical (unpaired) electrons. The predicted octanol–water partition coefficient (Wildman–Crippen LogP) is 11.7. The highest BCUT2D eigenvalue weighted by atomic mass is 14.9. The molecule has 48 heavy (non-hydrogen) atoms. The van der Waals surface area contributed by atoms with Crippen LogP contribution >= 0.6 is 0 Å². The average Bonchev–Trinajstić information content (AvgIpc) is 3.18. The van der Waals surface area contributed by atoms with Crippen LogP contribution in [-0.2, 0) is 0 Å². The number of hydrogen-bond acceptors (Lipinski definition) is 3. The van der Waals surface area contributed by atoms with Gasteiger partial charge in [0, 0.05) is 34.6 Å². The normalized spacial score (nSPS) is 11.3. The van der Waals surface area contributed by atoms with Crippen LogP contribution < -0.4 is 0 Å². The molecule has 0 spiro atoms. The van der Waals surface area contributed by atoms with Crippen molar-refractivity contribution in [2.45, 2.75) is 0 Å². The van der Waals surface area contributed by atoms with E-state index in [0.717, 1.165) is 39.2 Å². The van der Waals surface area contributed by atoms with Gasteiger partial charge in [-0.05, 0) is 73.3 Å². The maximum atomic E-state index is 5.22. The van der Waals surface area contributed by atoms with E-state index < -0.39 is 0 Å². The summed E-state index contributed by atoms with van der Waals surface area (Å²) in [6, 6.07) is 57.8. The predicted molar refractivity (Wildman–Crippen MR) is 200 cm³/mol. The first-order valence-corrected chi connectivity index (χ1v) is 16.2. The molecule has 224 valence electrons. The van der Waals surface area contributed by atoms with Crippen molar-refractivity contribution >= 4 is 32.3 Å². The topological polar surface area (TPSA) is 38.7 Å². The molecule has 3 heteroatoms. The van der Waals surface area contributed by atoms with E-state index in [4.69, 9.17) is 9.97 Å². The minimum Gasteiger partial charge on any atom is -0.264 e. The van der Waals surface area contributed by atoms with E-state index in [1.165, 1.54) is 43.4 Å². The molecule has 0 aliphatic rings. The van der Waals surface area contributed by atoms with Gasteiger partial charge in [0.05, 0.1) is 11.4 Å². The lowest BCUT2D eigenvalue weighted by Crippen LogP contribution is -1.96. The summed E-state index contributed by atoms with van der Waals surface area (Å²) in [6.07, 6.45) is 3.70. The lowest BCUT2D eigenvalue weighted by Gasteiger charge is -2.13. The number of hydrogen-bond donors (Lipinski definition) is 0. The molecule has 0 bridgehead atoms. The molecule has 0 aliphatic heterocycles. The van der Waals surface area contributed by atoms with Crippen LogP contribution in [0.1, 0.15) is 0 Å². The van der Waals surface area contributed by atoms with Crippen LogP contribution in [-0.4, -0.2) is 15.0 Å². The van der Waals surface area contributed by atoms with E-state index in [-0.39, 0.29) is 0 Å². The number of aromatic nitrogens is 3. The lowest BCUT2D eigenvalue weighted by atomic mass is 9.93. The van der Waals surface area contributed by atoms with Crippen LogP contribution in [0.2, 0.25) is 0 Å². The molecular formula is C45H29N3. The van der Waals surface area contributed by atoms with Gasteiger partial charge in [-0.15, -0.1) is 0 Å². The zero-order valence-corrected chi connectivity index (χ0v) is 26.1. The standard InChI is InChI=1S/C45H29N3/c1-2-10-30(11-3-1)31-19-21-32(22-20-31)43-28-44(34-13-8-12-33(26-34)36-14-9-25-46-29-36)48-45(47-43)35-23-24-41-39-17-5-4-15-37(39)38-16-6-7-18-40(38)42(41)27-35/h1-29H. The second-order valence-electron chi connectivity index (χ2n) is 12.1. The highest BCUT2D eigenvalue weighted by Crippen LogP contribution is 2.38. The molecule has 0 saturated heterocycles. The van der Waals surface area contributed by atoms with Crippen LogP contribution in [0.4, 0.5) is 0 Å². The van der Waals surface area contributed by atoms with E-state index in [0.29, 0.717) is 5.82 Å². The first-order valence-electron chi connectivity index (χ1n) is 16.2. The minimum absolute atomic E-state index is 0.695. The Balaban J connectivity index is 1.23. The third kappa shape index (κ3) is 4.99. The van der Waals surface area contributed by atoms with Gasteiger partial charge in [0.2, 0.25) is 0 Å². The van der Waals surface area contributed by atoms with E-state index >= 15 is 0 Å². The molecule has 2 heterocycles. The number of pyridine rings is 1. The Labute approximate surface area is 278 Å². The van der Waals surface area contributed by atoms with Crippen LogP contribution in [0.5, 0.6) is 0 Å². The van der Waals surface area contributed by atoms with E-state index in [1.807, 2.05) is 18.3 Å². The Morgan fingerprint density at radius 2 is 0.812 bits per heavy atom. The van der Waals surface area contributed by atoms with Crippen LogP contribution in [0, 0.1) is 0 Å². The molecule has 9 aromatic rings. The Morgan fingerprint density at radius 3 is 1.50 bits per heavy atom. The van der Waals surface area contributed by atoms with Crippen LogP contribution in [0.15, 0.2) is 176 Å². The summed E-state index contributed by atoms with van der Waals surface area (Å²) >= 11 is 0. The summed E-state index contributed by atoms with van der Waals surface area (Å²) in [7, 11) is 0. The van der Waals surface area contributed by atoms with Gasteiger partial charge in [-0.3, -0.25) is 4.98 Å². The summed E-state index contributed by atoms with van der Waals surface area (Å²) in [5, 5.41) is 7.41. The summed E-state index contributed by atoms with van der Waals surface area (Å²) < 4.78 is 0. The van der Waals surface area contributed by atoms with Crippen molar-refractivity contribution in [1.82, 2.24) is 15.0 Å². The van der Waals surface area contributed by atoms with Crippen LogP contribution in [0.3, 0.4) is 0 Å². The maximum Gasteiger partial charge on any atom is 0.160 e. The molecule has 9 rings (SSSR count). The monoisotopic (exact) mass is 611 g/mol. The minimum atomic E-state index is 0.695. The van der Waals surface area contributed by atoms with Crippen molar-refractivity contribution in [3.05, 3.63) is 176 Å². The number of rotatable bonds is 5. The molecule has 0 unspecified atom stereocenters. The first kappa shape index (κ1) is 27.8. The van der Waals surface area contributed by atoms with Gasteiger partial charge in [-0.25, -0.2) is 9.97 Å². The average molecular weight is 612 g/mol. The van der Waals surface area contributed by atoms with Crippen molar-refractivity contribution in [1.29, 1.82) is 0 Å². The molecule has 3 nitrogen and oxygen atoms in total. The number of benzene rings is 7. The lowest BCUT2D eigenvalue weighted by molar-refractivity contribution is 1.18. The molecular weight excluding hydrogens is 583 g/mol. The largest absolute Gasteiger partial charge is 0.264 e. The fourth-order valence-corrected chi connectivity index (χ4v) is 6.77. The molecule has 0 fully saturated rings. The highest BCUT2D eigenvalue weighted by molar-refractivity contribution is 6.25. The van der Waals surface area contributed by atoms with Gasteiger partial charge in [-0.2, -0.15) is 0 Å². The summed E-state index contributed by atoms with van der Waals surface area (Å²) in [5.74, 6) is 0.695. The van der Waals surface area contributed by atoms with Gasteiger partial charge < -0.3 is 0 Å². The van der Waals surface area contributed by atoms with Gasteiger partial charge in [0.1, 0.15) is 0 Å². The third-order valence-electron chi connectivity index (χ3n) is 9.17. The Kier molecular flexibility index (Phi) is 6.80. The van der Waals surface area contributed by atoms with E-state index in [2.05, 4.69) is 157 Å². The first-order chi connectivity index (χ1) is 23.8. The Bertz CT molecular complexity index is 2560. The van der Waals surface area contributed by atoms with Gasteiger partial charge in [0.25, 0.3) is 0 Å². The van der Waals surface area contributed by atoms with Gasteiger partial charge in [-0.1, -0.05) is 140 Å². The summed E-state index contributed by atoms with van der Waals surface area (Å²) in [5.41, 5.74) is 9.33. The second-order valence-corrected chi connectivity index (χ2v) is 12.1. The van der Waals surface area contributed by atoms with E-state index in [9.17, 15) is 0 Å². The van der Waals surface area contributed by atoms with Gasteiger partial charge in [0.15, 0.2) is 5.82 Å². The zero-order chi connectivity index (χ0) is 31.9. The van der Waals surface area contributed by atoms with Crippen molar-refractivity contribution < 1.29 is 0 Å². The fraction of sp³-hybridized carbons (Fsp3) is 0. The molecule has 0 aliphatic carbocycles. The summed E-state index contributed by atoms with van der Waals surface area (Å²) in [4.78, 5) is 14.8. The quantitative estimate of drug-likeness (QED) is 0.182. The van der Waals surface area contributed by atoms with Crippen molar-refractivity contribution in [3.63, 3.8) is 0 Å². The van der Waals surface area contributed by atoms with Crippen molar-refractivity contribution in [2.24, 2.45) is 0 Å². The number of nitrogens with zero attached hydrogens (tertiary/aromatic N) is 3. The van der Waals surface area contributed by atoms with Crippen LogP contribution in [0.25, 0.3) is 88.5 Å². The van der Waals surface area contributed by atoms with Crippen molar-refractivity contribution in [3.8, 4) is 56.2 Å².